The predicted molar refractivity (Wildman–Crippen MR) is 132 cm³/mol. The molecule has 0 saturated carbocycles. The summed E-state index contributed by atoms with van der Waals surface area (Å²) in [7, 11) is -2.70. The molecule has 1 unspecified atom stereocenters. The normalized spacial score (nSPS) is 13.6. The highest BCUT2D eigenvalue weighted by Crippen LogP contribution is 2.37. The fourth-order valence-corrected chi connectivity index (χ4v) is 8.62. The van der Waals surface area contributed by atoms with E-state index in [0.717, 1.165) is 6.42 Å². The Morgan fingerprint density at radius 1 is 0.833 bits per heavy atom. The topological polar surface area (TPSA) is 29.5 Å². The highest BCUT2D eigenvalue weighted by Gasteiger charge is 2.51. The number of hydrogen-bond acceptors (Lipinski definition) is 2. The molecule has 0 spiro atoms. The minimum atomic E-state index is -2.70. The largest absolute Gasteiger partial charge is 0.380 e. The van der Waals surface area contributed by atoms with Gasteiger partial charge in [-0.1, -0.05) is 127 Å². The van der Waals surface area contributed by atoms with Crippen molar-refractivity contribution in [1.29, 1.82) is 0 Å². The summed E-state index contributed by atoms with van der Waals surface area (Å²) in [6.07, 6.45) is 11.7. The maximum atomic E-state index is 10.9. The van der Waals surface area contributed by atoms with E-state index in [2.05, 4.69) is 82.3 Å². The van der Waals surface area contributed by atoms with Gasteiger partial charge in [0.2, 0.25) is 0 Å². The lowest BCUT2D eigenvalue weighted by atomic mass is 10.1. The van der Waals surface area contributed by atoms with Gasteiger partial charge in [0, 0.05) is 0 Å². The minimum absolute atomic E-state index is 0.135. The van der Waals surface area contributed by atoms with Crippen molar-refractivity contribution in [3.8, 4) is 0 Å². The first-order chi connectivity index (χ1) is 14.4. The number of unbranched alkanes of at least 4 members (excludes halogenated alkanes) is 6. The number of aliphatic hydroxyl groups excluding tert-OH is 1. The summed E-state index contributed by atoms with van der Waals surface area (Å²) >= 11 is 0. The Morgan fingerprint density at radius 2 is 1.33 bits per heavy atom. The van der Waals surface area contributed by atoms with Crippen LogP contribution in [0.5, 0.6) is 0 Å². The summed E-state index contributed by atoms with van der Waals surface area (Å²) in [5.74, 6) is 0. The minimum Gasteiger partial charge on any atom is -0.380 e. The molecule has 164 valence electrons. The van der Waals surface area contributed by atoms with E-state index in [1.807, 2.05) is 18.2 Å². The van der Waals surface area contributed by atoms with Crippen molar-refractivity contribution in [1.82, 2.24) is 0 Å². The average Bonchev–Trinajstić information content (AvgIpc) is 2.74. The zero-order valence-corrected chi connectivity index (χ0v) is 20.3. The van der Waals surface area contributed by atoms with Gasteiger partial charge in [0.1, 0.15) is 0 Å². The van der Waals surface area contributed by atoms with Crippen LogP contribution < -0.4 is 10.4 Å². The first-order valence-corrected chi connectivity index (χ1v) is 13.5. The highest BCUT2D eigenvalue weighted by atomic mass is 28.4. The van der Waals surface area contributed by atoms with Gasteiger partial charge >= 0.3 is 0 Å². The molecule has 0 aromatic heterocycles. The van der Waals surface area contributed by atoms with Crippen LogP contribution in [-0.4, -0.2) is 19.7 Å². The van der Waals surface area contributed by atoms with E-state index in [0.29, 0.717) is 0 Å². The van der Waals surface area contributed by atoms with E-state index >= 15 is 0 Å². The lowest BCUT2D eigenvalue weighted by Crippen LogP contribution is -2.67. The maximum absolute atomic E-state index is 10.9. The first kappa shape index (κ1) is 24.6. The van der Waals surface area contributed by atoms with E-state index in [4.69, 9.17) is 4.43 Å². The van der Waals surface area contributed by atoms with Gasteiger partial charge in [-0.2, -0.15) is 0 Å². The van der Waals surface area contributed by atoms with Gasteiger partial charge in [0.25, 0.3) is 8.32 Å². The fourth-order valence-electron chi connectivity index (χ4n) is 4.17. The molecule has 2 nitrogen and oxygen atoms in total. The van der Waals surface area contributed by atoms with Crippen LogP contribution in [0.4, 0.5) is 0 Å². The van der Waals surface area contributed by atoms with E-state index in [-0.39, 0.29) is 5.04 Å². The Labute approximate surface area is 185 Å². The van der Waals surface area contributed by atoms with Crippen LogP contribution in [0.1, 0.15) is 72.6 Å². The van der Waals surface area contributed by atoms with Crippen molar-refractivity contribution in [3.05, 3.63) is 72.8 Å². The first-order valence-electron chi connectivity index (χ1n) is 11.6. The smallest absolute Gasteiger partial charge is 0.264 e. The Balaban J connectivity index is 2.17. The second kappa shape index (κ2) is 12.2. The van der Waals surface area contributed by atoms with Gasteiger partial charge in [-0.25, -0.2) is 0 Å². The third-order valence-electron chi connectivity index (χ3n) is 5.74. The van der Waals surface area contributed by atoms with Gasteiger partial charge in [0.05, 0.1) is 0 Å². The summed E-state index contributed by atoms with van der Waals surface area (Å²) in [5.41, 5.74) is 0. The molecular weight excluding hydrogens is 384 g/mol. The summed E-state index contributed by atoms with van der Waals surface area (Å²) in [4.78, 5) is 0. The molecule has 0 heterocycles. The number of aliphatic hydroxyl groups is 1. The monoisotopic (exact) mass is 424 g/mol. The zero-order valence-electron chi connectivity index (χ0n) is 19.3. The van der Waals surface area contributed by atoms with Crippen molar-refractivity contribution in [2.75, 3.05) is 0 Å². The third kappa shape index (κ3) is 6.66. The van der Waals surface area contributed by atoms with Crippen LogP contribution >= 0.6 is 0 Å². The maximum Gasteiger partial charge on any atom is 0.264 e. The van der Waals surface area contributed by atoms with Crippen LogP contribution in [0.15, 0.2) is 72.8 Å². The SMILES string of the molecule is CCCCCCCCC=CC(O)O[Si](c1ccccc1)(c1ccccc1)C(C)(C)C. The molecule has 0 bridgehead atoms. The molecule has 0 saturated heterocycles. The average molecular weight is 425 g/mol. The number of hydrogen-bond donors (Lipinski definition) is 1. The van der Waals surface area contributed by atoms with E-state index < -0.39 is 14.6 Å². The second-order valence-corrected chi connectivity index (χ2v) is 13.4. The fraction of sp³-hybridized carbons (Fsp3) is 0.481. The van der Waals surface area contributed by atoms with Crippen molar-refractivity contribution < 1.29 is 9.53 Å². The summed E-state index contributed by atoms with van der Waals surface area (Å²) in [6, 6.07) is 20.9. The van der Waals surface area contributed by atoms with E-state index in [1.54, 1.807) is 0 Å². The zero-order chi connectivity index (χ0) is 21.9. The lowest BCUT2D eigenvalue weighted by molar-refractivity contribution is 0.0161. The van der Waals surface area contributed by atoms with Crippen LogP contribution in [0.3, 0.4) is 0 Å². The van der Waals surface area contributed by atoms with Crippen LogP contribution in [0.25, 0.3) is 0 Å². The molecule has 0 aliphatic heterocycles. The molecule has 0 radical (unpaired) electrons. The summed E-state index contributed by atoms with van der Waals surface area (Å²) < 4.78 is 6.64. The molecule has 30 heavy (non-hydrogen) atoms. The molecule has 2 aromatic rings. The van der Waals surface area contributed by atoms with Crippen molar-refractivity contribution >= 4 is 18.7 Å². The summed E-state index contributed by atoms with van der Waals surface area (Å²) in [6.45, 7) is 8.93. The molecule has 1 N–H and O–H groups in total. The van der Waals surface area contributed by atoms with Gasteiger partial charge in [-0.3, -0.25) is 0 Å². The number of allylic oxidation sites excluding steroid dienone is 1. The highest BCUT2D eigenvalue weighted by molar-refractivity contribution is 6.99. The van der Waals surface area contributed by atoms with Crippen molar-refractivity contribution in [2.45, 2.75) is 84.0 Å². The summed E-state index contributed by atoms with van der Waals surface area (Å²) in [5, 5.41) is 13.1. The lowest BCUT2D eigenvalue weighted by Gasteiger charge is -2.43. The second-order valence-electron chi connectivity index (χ2n) is 9.16. The predicted octanol–water partition coefficient (Wildman–Crippen LogP) is 6.19. The van der Waals surface area contributed by atoms with E-state index in [9.17, 15) is 5.11 Å². The molecule has 1 atom stereocenters. The van der Waals surface area contributed by atoms with Crippen LogP contribution in [0.2, 0.25) is 5.04 Å². The molecular formula is C27H40O2Si. The van der Waals surface area contributed by atoms with E-state index in [1.165, 1.54) is 48.9 Å². The molecule has 0 amide bonds. The van der Waals surface area contributed by atoms with Gasteiger partial charge in [0.15, 0.2) is 6.29 Å². The molecule has 0 aliphatic rings. The Morgan fingerprint density at radius 3 is 1.83 bits per heavy atom. The number of benzene rings is 2. The Bertz CT molecular complexity index is 695. The van der Waals surface area contributed by atoms with Gasteiger partial charge in [-0.05, 0) is 34.3 Å². The van der Waals surface area contributed by atoms with Crippen molar-refractivity contribution in [3.63, 3.8) is 0 Å². The Kier molecular flexibility index (Phi) is 10.0. The van der Waals surface area contributed by atoms with Crippen molar-refractivity contribution in [2.24, 2.45) is 0 Å². The molecule has 0 aliphatic carbocycles. The third-order valence-corrected chi connectivity index (χ3v) is 10.7. The molecule has 2 aromatic carbocycles. The van der Waals surface area contributed by atoms with Crippen LogP contribution in [0, 0.1) is 0 Å². The molecule has 0 fully saturated rings. The molecule has 3 heteroatoms. The van der Waals surface area contributed by atoms with Gasteiger partial charge in [-0.15, -0.1) is 0 Å². The standard InChI is InChI=1S/C27H40O2Si/c1-5-6-7-8-9-10-11-18-23-26(28)29-30(27(2,3)4,24-19-14-12-15-20-24)25-21-16-13-17-22-25/h12-23,26,28H,5-11H2,1-4H3. The Hall–Kier alpha value is -1.68. The van der Waals surface area contributed by atoms with Gasteiger partial charge < -0.3 is 9.53 Å². The van der Waals surface area contributed by atoms with Crippen LogP contribution in [-0.2, 0) is 4.43 Å². The number of rotatable bonds is 12. The quantitative estimate of drug-likeness (QED) is 0.190. The molecule has 2 rings (SSSR count).